The highest BCUT2D eigenvalue weighted by atomic mass is 15.2. The van der Waals surface area contributed by atoms with Gasteiger partial charge in [-0.05, 0) is 43.9 Å². The van der Waals surface area contributed by atoms with E-state index < -0.39 is 0 Å². The summed E-state index contributed by atoms with van der Waals surface area (Å²) in [5.41, 5.74) is 1.84. The topological polar surface area (TPSA) is 76.8 Å². The summed E-state index contributed by atoms with van der Waals surface area (Å²) >= 11 is 0. The standard InChI is InChI=1S/C11H20N4/c12-14-10-5-3-8-1-2-9(7-8)4-6-11(10)15-13/h8-9H,1-7,12-13H2. The van der Waals surface area contributed by atoms with Crippen LogP contribution in [0.15, 0.2) is 10.2 Å². The lowest BCUT2D eigenvalue weighted by Gasteiger charge is -2.10. The van der Waals surface area contributed by atoms with E-state index >= 15 is 0 Å². The Kier molecular flexibility index (Phi) is 3.23. The summed E-state index contributed by atoms with van der Waals surface area (Å²) in [6, 6.07) is 0. The maximum absolute atomic E-state index is 5.39. The predicted octanol–water partition coefficient (Wildman–Crippen LogP) is 1.61. The van der Waals surface area contributed by atoms with Crippen LogP contribution in [0.25, 0.3) is 0 Å². The zero-order valence-electron chi connectivity index (χ0n) is 9.15. The van der Waals surface area contributed by atoms with Gasteiger partial charge in [-0.1, -0.05) is 12.8 Å². The van der Waals surface area contributed by atoms with Crippen molar-refractivity contribution in [1.29, 1.82) is 0 Å². The van der Waals surface area contributed by atoms with E-state index in [9.17, 15) is 0 Å². The van der Waals surface area contributed by atoms with Gasteiger partial charge in [-0.3, -0.25) is 0 Å². The summed E-state index contributed by atoms with van der Waals surface area (Å²) < 4.78 is 0. The fourth-order valence-electron chi connectivity index (χ4n) is 2.95. The van der Waals surface area contributed by atoms with Gasteiger partial charge in [0.15, 0.2) is 0 Å². The molecule has 4 nitrogen and oxygen atoms in total. The number of nitrogens with two attached hydrogens (primary N) is 2. The minimum Gasteiger partial charge on any atom is -0.323 e. The van der Waals surface area contributed by atoms with Crippen molar-refractivity contribution in [3.63, 3.8) is 0 Å². The van der Waals surface area contributed by atoms with Gasteiger partial charge in [0.1, 0.15) is 0 Å². The van der Waals surface area contributed by atoms with Crippen molar-refractivity contribution in [2.75, 3.05) is 0 Å². The largest absolute Gasteiger partial charge is 0.323 e. The van der Waals surface area contributed by atoms with Crippen LogP contribution in [0.5, 0.6) is 0 Å². The zero-order chi connectivity index (χ0) is 10.7. The molecular formula is C11H20N4. The van der Waals surface area contributed by atoms with Crippen LogP contribution >= 0.6 is 0 Å². The highest BCUT2D eigenvalue weighted by molar-refractivity contribution is 6.42. The van der Waals surface area contributed by atoms with Crippen LogP contribution in [-0.2, 0) is 0 Å². The third-order valence-electron chi connectivity index (χ3n) is 3.87. The Hall–Kier alpha value is -1.06. The van der Waals surface area contributed by atoms with Crippen LogP contribution in [-0.4, -0.2) is 11.4 Å². The van der Waals surface area contributed by atoms with Gasteiger partial charge in [0, 0.05) is 0 Å². The Morgan fingerprint density at radius 3 is 1.67 bits per heavy atom. The summed E-state index contributed by atoms with van der Waals surface area (Å²) in [6.45, 7) is 0. The highest BCUT2D eigenvalue weighted by Gasteiger charge is 2.27. The average molecular weight is 208 g/mol. The minimum atomic E-state index is 0.879. The first-order valence-electron chi connectivity index (χ1n) is 5.87. The summed E-state index contributed by atoms with van der Waals surface area (Å²) in [4.78, 5) is 0. The molecule has 2 bridgehead atoms. The molecule has 2 saturated carbocycles. The maximum atomic E-state index is 5.39. The summed E-state index contributed by atoms with van der Waals surface area (Å²) in [5, 5.41) is 7.67. The van der Waals surface area contributed by atoms with E-state index in [1.54, 1.807) is 0 Å². The summed E-state index contributed by atoms with van der Waals surface area (Å²) in [5.74, 6) is 12.5. The third-order valence-corrected chi connectivity index (χ3v) is 3.87. The molecule has 84 valence electrons. The Bertz CT molecular complexity index is 254. The Morgan fingerprint density at radius 1 is 0.800 bits per heavy atom. The van der Waals surface area contributed by atoms with Gasteiger partial charge >= 0.3 is 0 Å². The van der Waals surface area contributed by atoms with Crippen molar-refractivity contribution in [3.8, 4) is 0 Å². The molecule has 2 atom stereocenters. The number of hydrogen-bond acceptors (Lipinski definition) is 4. The molecule has 2 aliphatic rings. The second-order valence-electron chi connectivity index (χ2n) is 4.77. The monoisotopic (exact) mass is 208 g/mol. The SMILES string of the molecule is NN=C1CCC2CCC(CCC1=NN)C2. The smallest absolute Gasteiger partial charge is 0.0832 e. The first-order valence-corrected chi connectivity index (χ1v) is 5.87. The van der Waals surface area contributed by atoms with Gasteiger partial charge in [-0.15, -0.1) is 0 Å². The van der Waals surface area contributed by atoms with Gasteiger partial charge in [0.2, 0.25) is 0 Å². The Labute approximate surface area is 90.8 Å². The molecule has 15 heavy (non-hydrogen) atoms. The van der Waals surface area contributed by atoms with Crippen molar-refractivity contribution >= 4 is 11.4 Å². The van der Waals surface area contributed by atoms with Crippen LogP contribution in [0.1, 0.15) is 44.9 Å². The molecule has 0 aromatic carbocycles. The van der Waals surface area contributed by atoms with Crippen LogP contribution in [0.4, 0.5) is 0 Å². The number of hydrazone groups is 2. The van der Waals surface area contributed by atoms with Crippen molar-refractivity contribution in [3.05, 3.63) is 0 Å². The van der Waals surface area contributed by atoms with Gasteiger partial charge in [-0.2, -0.15) is 10.2 Å². The molecule has 0 radical (unpaired) electrons. The number of nitrogens with zero attached hydrogens (tertiary/aromatic N) is 2. The Balaban J connectivity index is 2.11. The minimum absolute atomic E-state index is 0.879. The fourth-order valence-corrected chi connectivity index (χ4v) is 2.95. The van der Waals surface area contributed by atoms with Crippen molar-refractivity contribution in [2.45, 2.75) is 44.9 Å². The van der Waals surface area contributed by atoms with Crippen molar-refractivity contribution in [1.82, 2.24) is 0 Å². The van der Waals surface area contributed by atoms with E-state index in [0.29, 0.717) is 0 Å². The Morgan fingerprint density at radius 2 is 1.27 bits per heavy atom. The molecule has 0 amide bonds. The highest BCUT2D eigenvalue weighted by Crippen LogP contribution is 2.37. The third kappa shape index (κ3) is 2.30. The van der Waals surface area contributed by atoms with E-state index in [-0.39, 0.29) is 0 Å². The van der Waals surface area contributed by atoms with Gasteiger partial charge in [-0.25, -0.2) is 0 Å². The molecule has 4 N–H and O–H groups in total. The maximum Gasteiger partial charge on any atom is 0.0832 e. The molecule has 2 unspecified atom stereocenters. The molecule has 0 spiro atoms. The molecule has 0 heterocycles. The molecule has 2 fully saturated rings. The molecule has 0 aliphatic heterocycles. The van der Waals surface area contributed by atoms with Gasteiger partial charge in [0.25, 0.3) is 0 Å². The first kappa shape index (κ1) is 10.5. The lowest BCUT2D eigenvalue weighted by Crippen LogP contribution is -2.19. The number of fused-ring (bicyclic) bond motifs is 2. The molecule has 2 rings (SSSR count). The molecule has 0 saturated heterocycles. The molecule has 0 aromatic heterocycles. The zero-order valence-corrected chi connectivity index (χ0v) is 9.15. The predicted molar refractivity (Wildman–Crippen MR) is 62.5 cm³/mol. The van der Waals surface area contributed by atoms with Gasteiger partial charge in [0.05, 0.1) is 11.4 Å². The van der Waals surface area contributed by atoms with Crippen LogP contribution in [0, 0.1) is 11.8 Å². The average Bonchev–Trinajstić information content (AvgIpc) is 2.73. The van der Waals surface area contributed by atoms with E-state index in [4.69, 9.17) is 11.7 Å². The van der Waals surface area contributed by atoms with E-state index in [1.807, 2.05) is 0 Å². The number of hydrogen-bond donors (Lipinski definition) is 2. The van der Waals surface area contributed by atoms with E-state index in [2.05, 4.69) is 10.2 Å². The lowest BCUT2D eigenvalue weighted by atomic mass is 9.98. The van der Waals surface area contributed by atoms with Crippen LogP contribution in [0.3, 0.4) is 0 Å². The lowest BCUT2D eigenvalue weighted by molar-refractivity contribution is 0.461. The normalized spacial score (nSPS) is 37.6. The molecule has 2 aliphatic carbocycles. The van der Waals surface area contributed by atoms with Crippen LogP contribution in [0.2, 0.25) is 0 Å². The first-order chi connectivity index (χ1) is 7.33. The molecule has 0 aromatic rings. The van der Waals surface area contributed by atoms with E-state index in [0.717, 1.165) is 36.1 Å². The van der Waals surface area contributed by atoms with Gasteiger partial charge < -0.3 is 11.7 Å². The number of rotatable bonds is 0. The summed E-state index contributed by atoms with van der Waals surface area (Å²) in [7, 11) is 0. The van der Waals surface area contributed by atoms with Crippen molar-refractivity contribution in [2.24, 2.45) is 33.7 Å². The van der Waals surface area contributed by atoms with Crippen molar-refractivity contribution < 1.29 is 0 Å². The second-order valence-corrected chi connectivity index (χ2v) is 4.77. The molecule has 4 heteroatoms. The second kappa shape index (κ2) is 4.64. The molecular weight excluding hydrogens is 188 g/mol. The van der Waals surface area contributed by atoms with Crippen LogP contribution < -0.4 is 11.7 Å². The fraction of sp³-hybridized carbons (Fsp3) is 0.818. The van der Waals surface area contributed by atoms with E-state index in [1.165, 1.54) is 32.1 Å². The quantitative estimate of drug-likeness (QED) is 0.468. The summed E-state index contributed by atoms with van der Waals surface area (Å²) in [6.07, 6.45) is 8.45.